The highest BCUT2D eigenvalue weighted by atomic mass is 35.5. The summed E-state index contributed by atoms with van der Waals surface area (Å²) in [5.74, 6) is -0.0750. The number of hydrogen-bond donors (Lipinski definition) is 1. The van der Waals surface area contributed by atoms with E-state index in [1.165, 1.54) is 0 Å². The van der Waals surface area contributed by atoms with Crippen LogP contribution < -0.4 is 5.73 Å². The molecule has 7 nitrogen and oxygen atoms in total. The van der Waals surface area contributed by atoms with Gasteiger partial charge in [0, 0.05) is 48.5 Å². The van der Waals surface area contributed by atoms with Gasteiger partial charge in [-0.1, -0.05) is 29.8 Å². The number of aryl methyl sites for hydroxylation is 1. The third kappa shape index (κ3) is 4.98. The first-order chi connectivity index (χ1) is 13.9. The second kappa shape index (κ2) is 9.13. The average Bonchev–Trinajstić information content (AvgIpc) is 2.87. The second-order valence-corrected chi connectivity index (χ2v) is 7.58. The van der Waals surface area contributed by atoms with Gasteiger partial charge in [0.25, 0.3) is 0 Å². The maximum atomic E-state index is 12.6. The lowest BCUT2D eigenvalue weighted by atomic mass is 10.1. The number of hydrogen-bond acceptors (Lipinski definition) is 3. The van der Waals surface area contributed by atoms with E-state index in [1.54, 1.807) is 15.9 Å². The van der Waals surface area contributed by atoms with Gasteiger partial charge in [-0.25, -0.2) is 4.79 Å². The van der Waals surface area contributed by atoms with Crippen molar-refractivity contribution in [3.8, 4) is 0 Å². The molecule has 1 aromatic heterocycles. The van der Waals surface area contributed by atoms with Gasteiger partial charge in [-0.2, -0.15) is 5.10 Å². The molecule has 154 valence electrons. The van der Waals surface area contributed by atoms with Gasteiger partial charge in [0.05, 0.1) is 12.2 Å². The predicted molar refractivity (Wildman–Crippen MR) is 114 cm³/mol. The van der Waals surface area contributed by atoms with Crippen molar-refractivity contribution in [1.29, 1.82) is 0 Å². The summed E-state index contributed by atoms with van der Waals surface area (Å²) in [5.41, 5.74) is 9.10. The Kier molecular flexibility index (Phi) is 6.59. The van der Waals surface area contributed by atoms with Gasteiger partial charge in [-0.15, -0.1) is 0 Å². The van der Waals surface area contributed by atoms with Crippen molar-refractivity contribution in [3.63, 3.8) is 0 Å². The molecule has 2 N–H and O–H groups in total. The van der Waals surface area contributed by atoms with Crippen LogP contribution in [0, 0.1) is 13.8 Å². The Morgan fingerprint density at radius 1 is 1.14 bits per heavy atom. The van der Waals surface area contributed by atoms with Crippen molar-refractivity contribution >= 4 is 29.6 Å². The monoisotopic (exact) mass is 415 g/mol. The molecule has 2 aromatic rings. The summed E-state index contributed by atoms with van der Waals surface area (Å²) in [6, 6.07) is 7.26. The molecular formula is C21H26ClN5O2. The summed E-state index contributed by atoms with van der Waals surface area (Å²) in [6.45, 7) is 6.61. The molecule has 1 aliphatic rings. The number of halogens is 1. The molecule has 0 aliphatic carbocycles. The van der Waals surface area contributed by atoms with E-state index < -0.39 is 6.03 Å². The van der Waals surface area contributed by atoms with Gasteiger partial charge >= 0.3 is 6.03 Å². The number of carbonyl (C=O) groups is 2. The Morgan fingerprint density at radius 2 is 1.83 bits per heavy atom. The molecule has 3 rings (SSSR count). The Labute approximate surface area is 175 Å². The quantitative estimate of drug-likeness (QED) is 0.779. The van der Waals surface area contributed by atoms with Crippen LogP contribution in [0.1, 0.15) is 28.9 Å². The number of nitrogens with two attached hydrogens (primary N) is 1. The van der Waals surface area contributed by atoms with Crippen molar-refractivity contribution in [2.24, 2.45) is 5.73 Å². The number of amides is 3. The molecule has 0 unspecified atom stereocenters. The van der Waals surface area contributed by atoms with Crippen molar-refractivity contribution in [3.05, 3.63) is 57.9 Å². The zero-order valence-electron chi connectivity index (χ0n) is 16.8. The zero-order valence-corrected chi connectivity index (χ0v) is 17.5. The Morgan fingerprint density at radius 3 is 2.55 bits per heavy atom. The van der Waals surface area contributed by atoms with Crippen molar-refractivity contribution in [2.75, 3.05) is 26.2 Å². The number of nitrogens with zero attached hydrogens (tertiary/aromatic N) is 4. The van der Waals surface area contributed by atoms with E-state index >= 15 is 0 Å². The fraction of sp³-hybridized carbons (Fsp3) is 0.381. The topological polar surface area (TPSA) is 84.5 Å². The SMILES string of the molecule is Cc1nn(Cc2ccccc2Cl)c(C)c1/C=C/C(=O)N1CCCN(C(N)=O)CC1. The van der Waals surface area contributed by atoms with E-state index in [2.05, 4.69) is 5.10 Å². The molecule has 0 saturated carbocycles. The van der Waals surface area contributed by atoms with E-state index in [0.717, 1.165) is 28.9 Å². The largest absolute Gasteiger partial charge is 0.351 e. The molecule has 29 heavy (non-hydrogen) atoms. The van der Waals surface area contributed by atoms with Gasteiger partial charge in [0.15, 0.2) is 0 Å². The molecule has 1 fully saturated rings. The number of rotatable bonds is 4. The smallest absolute Gasteiger partial charge is 0.314 e. The molecule has 1 aromatic carbocycles. The molecule has 0 spiro atoms. The Hall–Kier alpha value is -2.80. The van der Waals surface area contributed by atoms with E-state index in [0.29, 0.717) is 37.7 Å². The molecule has 1 aliphatic heterocycles. The summed E-state index contributed by atoms with van der Waals surface area (Å²) >= 11 is 6.27. The van der Waals surface area contributed by atoms with Crippen LogP contribution >= 0.6 is 11.6 Å². The molecule has 8 heteroatoms. The molecule has 3 amide bonds. The lowest BCUT2D eigenvalue weighted by molar-refractivity contribution is -0.125. The number of aromatic nitrogens is 2. The zero-order chi connectivity index (χ0) is 21.0. The first-order valence-electron chi connectivity index (χ1n) is 9.65. The van der Waals surface area contributed by atoms with Crippen LogP contribution in [0.4, 0.5) is 4.79 Å². The Balaban J connectivity index is 1.70. The van der Waals surface area contributed by atoms with Crippen LogP contribution in [-0.2, 0) is 11.3 Å². The van der Waals surface area contributed by atoms with Crippen LogP contribution in [0.5, 0.6) is 0 Å². The Bertz CT molecular complexity index is 937. The number of primary amides is 1. The first-order valence-corrected chi connectivity index (χ1v) is 10.0. The summed E-state index contributed by atoms with van der Waals surface area (Å²) in [4.78, 5) is 27.3. The predicted octanol–water partition coefficient (Wildman–Crippen LogP) is 2.83. The van der Waals surface area contributed by atoms with E-state index in [-0.39, 0.29) is 5.91 Å². The minimum atomic E-state index is -0.438. The summed E-state index contributed by atoms with van der Waals surface area (Å²) < 4.78 is 1.90. The standard InChI is InChI=1S/C21H26ClN5O2/c1-15-18(16(2)27(24-15)14-17-6-3-4-7-19(17)22)8-9-20(28)25-10-5-11-26(13-12-25)21(23)29/h3-4,6-9H,5,10-14H2,1-2H3,(H2,23,29)/b9-8+. The van der Waals surface area contributed by atoms with Gasteiger partial charge < -0.3 is 15.5 Å². The van der Waals surface area contributed by atoms with Gasteiger partial charge in [0.1, 0.15) is 0 Å². The van der Waals surface area contributed by atoms with Crippen molar-refractivity contribution in [1.82, 2.24) is 19.6 Å². The van der Waals surface area contributed by atoms with Gasteiger partial charge in [0.2, 0.25) is 5.91 Å². The molecule has 2 heterocycles. The number of carbonyl (C=O) groups excluding carboxylic acids is 2. The highest BCUT2D eigenvalue weighted by Crippen LogP contribution is 2.20. The third-order valence-corrected chi connectivity index (χ3v) is 5.60. The molecule has 1 saturated heterocycles. The van der Waals surface area contributed by atoms with Crippen LogP contribution in [0.15, 0.2) is 30.3 Å². The maximum Gasteiger partial charge on any atom is 0.314 e. The molecule has 0 atom stereocenters. The third-order valence-electron chi connectivity index (χ3n) is 5.23. The summed E-state index contributed by atoms with van der Waals surface area (Å²) in [7, 11) is 0. The highest BCUT2D eigenvalue weighted by Gasteiger charge is 2.19. The minimum Gasteiger partial charge on any atom is -0.351 e. The normalized spacial score (nSPS) is 15.0. The van der Waals surface area contributed by atoms with E-state index in [1.807, 2.05) is 48.9 Å². The number of urea groups is 1. The molecule has 0 bridgehead atoms. The number of benzene rings is 1. The van der Waals surface area contributed by atoms with Crippen LogP contribution in [0.25, 0.3) is 6.08 Å². The van der Waals surface area contributed by atoms with Crippen LogP contribution in [0.3, 0.4) is 0 Å². The summed E-state index contributed by atoms with van der Waals surface area (Å²) in [6.07, 6.45) is 4.12. The van der Waals surface area contributed by atoms with Crippen molar-refractivity contribution < 1.29 is 9.59 Å². The fourth-order valence-electron chi connectivity index (χ4n) is 3.51. The molecular weight excluding hydrogens is 390 g/mol. The van der Waals surface area contributed by atoms with Gasteiger partial charge in [-0.05, 0) is 38.0 Å². The van der Waals surface area contributed by atoms with Crippen LogP contribution in [0.2, 0.25) is 5.02 Å². The lowest BCUT2D eigenvalue weighted by Gasteiger charge is -2.19. The minimum absolute atomic E-state index is 0.0750. The average molecular weight is 416 g/mol. The molecule has 0 radical (unpaired) electrons. The lowest BCUT2D eigenvalue weighted by Crippen LogP contribution is -2.39. The second-order valence-electron chi connectivity index (χ2n) is 7.17. The summed E-state index contributed by atoms with van der Waals surface area (Å²) in [5, 5.41) is 5.31. The van der Waals surface area contributed by atoms with Crippen molar-refractivity contribution in [2.45, 2.75) is 26.8 Å². The first kappa shape index (κ1) is 20.9. The van der Waals surface area contributed by atoms with Gasteiger partial charge in [-0.3, -0.25) is 9.48 Å². The van der Waals surface area contributed by atoms with E-state index in [9.17, 15) is 9.59 Å². The van der Waals surface area contributed by atoms with E-state index in [4.69, 9.17) is 17.3 Å². The fourth-order valence-corrected chi connectivity index (χ4v) is 3.71. The maximum absolute atomic E-state index is 12.6. The van der Waals surface area contributed by atoms with Crippen LogP contribution in [-0.4, -0.2) is 57.7 Å². The highest BCUT2D eigenvalue weighted by molar-refractivity contribution is 6.31.